The van der Waals surface area contributed by atoms with Crippen LogP contribution in [0.15, 0.2) is 30.3 Å². The highest BCUT2D eigenvalue weighted by molar-refractivity contribution is 6.64. The van der Waals surface area contributed by atoms with Crippen molar-refractivity contribution < 1.29 is 0 Å². The Hall–Kier alpha value is -0.273. The summed E-state index contributed by atoms with van der Waals surface area (Å²) in [7, 11) is -0.266. The molecule has 0 aromatic heterocycles. The Labute approximate surface area is 99.9 Å². The summed E-state index contributed by atoms with van der Waals surface area (Å²) in [6.07, 6.45) is 6.96. The van der Waals surface area contributed by atoms with Crippen LogP contribution in [0.25, 0.3) is 0 Å². The Bertz CT molecular complexity index is 280. The predicted octanol–water partition coefficient (Wildman–Crippen LogP) is 2.63. The first-order valence-electron chi connectivity index (χ1n) is 6.04. The van der Waals surface area contributed by atoms with Gasteiger partial charge in [-0.15, -0.1) is 11.6 Å². The molecule has 0 heterocycles. The van der Waals surface area contributed by atoms with Gasteiger partial charge in [-0.3, -0.25) is 0 Å². The fourth-order valence-electron chi connectivity index (χ4n) is 2.50. The molecular weight excluding hydrogens is 220 g/mol. The molecule has 0 bridgehead atoms. The Balaban J connectivity index is 1.88. The van der Waals surface area contributed by atoms with E-state index in [1.807, 2.05) is 0 Å². The average Bonchev–Trinajstić information content (AvgIpc) is 2.31. The van der Waals surface area contributed by atoms with E-state index in [4.69, 9.17) is 11.6 Å². The lowest BCUT2D eigenvalue weighted by Gasteiger charge is -2.25. The number of rotatable bonds is 3. The lowest BCUT2D eigenvalue weighted by Crippen LogP contribution is -2.31. The van der Waals surface area contributed by atoms with Crippen LogP contribution in [0.3, 0.4) is 0 Å². The number of hydrogen-bond acceptors (Lipinski definition) is 0. The van der Waals surface area contributed by atoms with E-state index in [1.54, 1.807) is 0 Å². The molecule has 1 unspecified atom stereocenters. The molecule has 15 heavy (non-hydrogen) atoms. The van der Waals surface area contributed by atoms with Crippen molar-refractivity contribution in [3.05, 3.63) is 30.3 Å². The van der Waals surface area contributed by atoms with Gasteiger partial charge in [-0.2, -0.15) is 0 Å². The third-order valence-corrected chi connectivity index (χ3v) is 6.25. The summed E-state index contributed by atoms with van der Waals surface area (Å²) in [4.78, 5) is 0. The minimum atomic E-state index is -0.266. The van der Waals surface area contributed by atoms with Gasteiger partial charge in [0.15, 0.2) is 0 Å². The van der Waals surface area contributed by atoms with Crippen LogP contribution in [0.5, 0.6) is 0 Å². The van der Waals surface area contributed by atoms with Gasteiger partial charge in [0.2, 0.25) is 0 Å². The molecule has 1 aliphatic carbocycles. The van der Waals surface area contributed by atoms with Crippen molar-refractivity contribution in [2.75, 3.05) is 0 Å². The molecule has 1 aromatic carbocycles. The molecule has 2 rings (SSSR count). The first-order chi connectivity index (χ1) is 7.36. The second kappa shape index (κ2) is 5.71. The Kier molecular flexibility index (Phi) is 4.27. The van der Waals surface area contributed by atoms with Gasteiger partial charge >= 0.3 is 0 Å². The van der Waals surface area contributed by atoms with Gasteiger partial charge in [0.05, 0.1) is 9.52 Å². The Morgan fingerprint density at radius 3 is 2.40 bits per heavy atom. The SMILES string of the molecule is ClC([SiH2]c1ccccc1)C1CCCCC1. The van der Waals surface area contributed by atoms with Gasteiger partial charge < -0.3 is 0 Å². The van der Waals surface area contributed by atoms with Crippen molar-refractivity contribution >= 4 is 26.3 Å². The fourth-order valence-corrected chi connectivity index (χ4v) is 5.09. The summed E-state index contributed by atoms with van der Waals surface area (Å²) in [5.41, 5.74) is 0. The first-order valence-corrected chi connectivity index (χ1v) is 8.00. The highest BCUT2D eigenvalue weighted by Crippen LogP contribution is 2.28. The van der Waals surface area contributed by atoms with Crippen LogP contribution < -0.4 is 5.19 Å². The molecule has 1 atom stereocenters. The highest BCUT2D eigenvalue weighted by atomic mass is 35.5. The zero-order valence-electron chi connectivity index (χ0n) is 9.16. The van der Waals surface area contributed by atoms with E-state index in [-0.39, 0.29) is 9.52 Å². The number of alkyl halides is 1. The van der Waals surface area contributed by atoms with Gasteiger partial charge in [0, 0.05) is 5.00 Å². The van der Waals surface area contributed by atoms with Crippen molar-refractivity contribution in [2.45, 2.75) is 37.1 Å². The molecule has 0 amide bonds. The molecule has 1 fully saturated rings. The molecule has 2 heteroatoms. The smallest absolute Gasteiger partial charge is 0.0756 e. The molecule has 1 saturated carbocycles. The van der Waals surface area contributed by atoms with Crippen LogP contribution in [0.4, 0.5) is 0 Å². The molecule has 82 valence electrons. The van der Waals surface area contributed by atoms with Crippen LogP contribution in [0, 0.1) is 5.92 Å². The minimum absolute atomic E-state index is 0.266. The molecule has 1 aromatic rings. The fraction of sp³-hybridized carbons (Fsp3) is 0.538. The van der Waals surface area contributed by atoms with Crippen molar-refractivity contribution in [1.82, 2.24) is 0 Å². The molecule has 0 spiro atoms. The lowest BCUT2D eigenvalue weighted by atomic mass is 9.91. The standard InChI is InChI=1S/C13H19ClSi/c14-13(11-7-3-1-4-8-11)15-12-9-5-2-6-10-12/h2,5-6,9-11,13H,1,3-4,7-8,15H2. The maximum absolute atomic E-state index is 6.56. The normalized spacial score (nSPS) is 20.9. The zero-order valence-corrected chi connectivity index (χ0v) is 11.3. The largest absolute Gasteiger partial charge is 0.127 e. The summed E-state index contributed by atoms with van der Waals surface area (Å²) in [5, 5.41) is 2.00. The summed E-state index contributed by atoms with van der Waals surface area (Å²) in [6, 6.07) is 10.8. The maximum Gasteiger partial charge on any atom is 0.0756 e. The van der Waals surface area contributed by atoms with Crippen molar-refractivity contribution in [3.63, 3.8) is 0 Å². The van der Waals surface area contributed by atoms with E-state index in [1.165, 1.54) is 37.3 Å². The van der Waals surface area contributed by atoms with Crippen molar-refractivity contribution in [1.29, 1.82) is 0 Å². The molecule has 0 N–H and O–H groups in total. The summed E-state index contributed by atoms with van der Waals surface area (Å²) in [5.74, 6) is 0.812. The monoisotopic (exact) mass is 238 g/mol. The van der Waals surface area contributed by atoms with E-state index >= 15 is 0 Å². The van der Waals surface area contributed by atoms with Crippen molar-refractivity contribution in [3.8, 4) is 0 Å². The lowest BCUT2D eigenvalue weighted by molar-refractivity contribution is 0.375. The second-order valence-electron chi connectivity index (χ2n) is 4.60. The molecule has 1 aliphatic rings. The maximum atomic E-state index is 6.56. The van der Waals surface area contributed by atoms with Gasteiger partial charge in [-0.25, -0.2) is 0 Å². The third-order valence-electron chi connectivity index (χ3n) is 3.43. The summed E-state index contributed by atoms with van der Waals surface area (Å²) in [6.45, 7) is 0. The van der Waals surface area contributed by atoms with E-state index < -0.39 is 0 Å². The van der Waals surface area contributed by atoms with Gasteiger partial charge in [0.1, 0.15) is 0 Å². The van der Waals surface area contributed by atoms with E-state index in [9.17, 15) is 0 Å². The van der Waals surface area contributed by atoms with Crippen LogP contribution in [0.1, 0.15) is 32.1 Å². The number of hydrogen-bond donors (Lipinski definition) is 0. The zero-order chi connectivity index (χ0) is 10.5. The topological polar surface area (TPSA) is 0 Å². The molecule has 0 radical (unpaired) electrons. The van der Waals surface area contributed by atoms with Crippen LogP contribution in [-0.4, -0.2) is 14.5 Å². The van der Waals surface area contributed by atoms with Crippen LogP contribution >= 0.6 is 11.6 Å². The Morgan fingerprint density at radius 2 is 1.73 bits per heavy atom. The molecular formula is C13H19ClSi. The van der Waals surface area contributed by atoms with E-state index in [2.05, 4.69) is 30.3 Å². The average molecular weight is 239 g/mol. The number of benzene rings is 1. The molecule has 0 nitrogen and oxygen atoms in total. The summed E-state index contributed by atoms with van der Waals surface area (Å²) >= 11 is 6.56. The highest BCUT2D eigenvalue weighted by Gasteiger charge is 2.21. The quantitative estimate of drug-likeness (QED) is 0.561. The first kappa shape index (κ1) is 11.2. The number of halogens is 1. The second-order valence-corrected chi connectivity index (χ2v) is 7.79. The predicted molar refractivity (Wildman–Crippen MR) is 70.8 cm³/mol. The Morgan fingerprint density at radius 1 is 1.07 bits per heavy atom. The van der Waals surface area contributed by atoms with Crippen LogP contribution in [-0.2, 0) is 0 Å². The van der Waals surface area contributed by atoms with Crippen LogP contribution in [0.2, 0.25) is 0 Å². The van der Waals surface area contributed by atoms with Gasteiger partial charge in [-0.1, -0.05) is 54.8 Å². The minimum Gasteiger partial charge on any atom is -0.127 e. The molecule has 0 saturated heterocycles. The summed E-state index contributed by atoms with van der Waals surface area (Å²) < 4.78 is 0. The van der Waals surface area contributed by atoms with Crippen molar-refractivity contribution in [2.24, 2.45) is 5.92 Å². The van der Waals surface area contributed by atoms with Gasteiger partial charge in [-0.05, 0) is 18.8 Å². The molecule has 0 aliphatic heterocycles. The van der Waals surface area contributed by atoms with E-state index in [0.717, 1.165) is 5.92 Å². The van der Waals surface area contributed by atoms with Gasteiger partial charge in [0.25, 0.3) is 0 Å². The third kappa shape index (κ3) is 3.35. The van der Waals surface area contributed by atoms with E-state index in [0.29, 0.717) is 5.00 Å².